The Labute approximate surface area is 152 Å². The minimum absolute atomic E-state index is 0.0174. The third-order valence-corrected chi connectivity index (χ3v) is 3.99. The summed E-state index contributed by atoms with van der Waals surface area (Å²) in [6.45, 7) is 2.11. The van der Waals surface area contributed by atoms with E-state index in [2.05, 4.69) is 34.7 Å². The van der Waals surface area contributed by atoms with Crippen LogP contribution < -0.4 is 10.6 Å². The van der Waals surface area contributed by atoms with Gasteiger partial charge >= 0.3 is 0 Å². The van der Waals surface area contributed by atoms with Crippen LogP contribution >= 0.6 is 0 Å². The van der Waals surface area contributed by atoms with Gasteiger partial charge in [-0.25, -0.2) is 9.37 Å². The van der Waals surface area contributed by atoms with Gasteiger partial charge in [0.25, 0.3) is 0 Å². The Morgan fingerprint density at radius 2 is 1.73 bits per heavy atom. The summed E-state index contributed by atoms with van der Waals surface area (Å²) in [4.78, 5) is 16.3. The van der Waals surface area contributed by atoms with Crippen LogP contribution in [0.3, 0.4) is 0 Å². The van der Waals surface area contributed by atoms with E-state index in [1.54, 1.807) is 36.5 Å². The van der Waals surface area contributed by atoms with Crippen LogP contribution in [0.5, 0.6) is 0 Å². The molecule has 0 spiro atoms. The van der Waals surface area contributed by atoms with Gasteiger partial charge in [-0.05, 0) is 47.9 Å². The summed E-state index contributed by atoms with van der Waals surface area (Å²) >= 11 is 0. The molecule has 1 amide bonds. The van der Waals surface area contributed by atoms with E-state index in [0.29, 0.717) is 17.1 Å². The van der Waals surface area contributed by atoms with Gasteiger partial charge in [-0.15, -0.1) is 0 Å². The Balaban J connectivity index is 1.58. The Kier molecular flexibility index (Phi) is 5.59. The van der Waals surface area contributed by atoms with E-state index in [1.165, 1.54) is 11.6 Å². The molecule has 3 aromatic rings. The molecule has 0 unspecified atom stereocenters. The molecule has 1 heterocycles. The van der Waals surface area contributed by atoms with Crippen molar-refractivity contribution in [2.24, 2.45) is 0 Å². The van der Waals surface area contributed by atoms with E-state index >= 15 is 0 Å². The van der Waals surface area contributed by atoms with Gasteiger partial charge in [0, 0.05) is 5.69 Å². The molecule has 0 fully saturated rings. The monoisotopic (exact) mass is 349 g/mol. The lowest BCUT2D eigenvalue weighted by Gasteiger charge is -2.09. The first-order chi connectivity index (χ1) is 12.6. The minimum atomic E-state index is -0.380. The van der Waals surface area contributed by atoms with Crippen LogP contribution in [0.1, 0.15) is 18.1 Å². The van der Waals surface area contributed by atoms with Crippen molar-refractivity contribution in [3.63, 3.8) is 0 Å². The molecule has 0 bridgehead atoms. The number of carbonyl (C=O) groups is 1. The number of halogens is 1. The minimum Gasteiger partial charge on any atom is -0.340 e. The Bertz CT molecular complexity index is 877. The Morgan fingerprint density at radius 3 is 2.38 bits per heavy atom. The number of hydrogen-bond acceptors (Lipinski definition) is 3. The number of aromatic nitrogens is 1. The standard InChI is InChI=1S/C21H20FN3O/c1-2-15-7-9-17(10-8-15)24-20-12-11-18(14-23-20)25-21(26)13-16-5-3-4-6-19(16)22/h3-12,14H,2,13H2,1H3,(H,23,24)(H,25,26). The molecule has 3 rings (SSSR count). The van der Waals surface area contributed by atoms with Crippen molar-refractivity contribution in [3.8, 4) is 0 Å². The maximum absolute atomic E-state index is 13.6. The zero-order valence-corrected chi connectivity index (χ0v) is 14.5. The Hall–Kier alpha value is -3.21. The fraction of sp³-hybridized carbons (Fsp3) is 0.143. The molecule has 0 radical (unpaired) electrons. The van der Waals surface area contributed by atoms with Crippen LogP contribution in [0.2, 0.25) is 0 Å². The van der Waals surface area contributed by atoms with Crippen LogP contribution in [0.15, 0.2) is 66.9 Å². The summed E-state index contributed by atoms with van der Waals surface area (Å²) in [5, 5.41) is 5.94. The highest BCUT2D eigenvalue weighted by Gasteiger charge is 2.08. The number of rotatable bonds is 6. The lowest BCUT2D eigenvalue weighted by Crippen LogP contribution is -2.15. The van der Waals surface area contributed by atoms with Crippen LogP contribution in [-0.2, 0) is 17.6 Å². The second-order valence-corrected chi connectivity index (χ2v) is 5.92. The number of amides is 1. The van der Waals surface area contributed by atoms with Gasteiger partial charge < -0.3 is 10.6 Å². The SMILES string of the molecule is CCc1ccc(Nc2ccc(NC(=O)Cc3ccccc3F)cn2)cc1. The van der Waals surface area contributed by atoms with Crippen molar-refractivity contribution < 1.29 is 9.18 Å². The van der Waals surface area contributed by atoms with Crippen molar-refractivity contribution in [2.75, 3.05) is 10.6 Å². The fourth-order valence-corrected chi connectivity index (χ4v) is 2.53. The highest BCUT2D eigenvalue weighted by molar-refractivity contribution is 5.92. The van der Waals surface area contributed by atoms with Gasteiger partial charge in [-0.2, -0.15) is 0 Å². The topological polar surface area (TPSA) is 54.0 Å². The lowest BCUT2D eigenvalue weighted by atomic mass is 10.1. The largest absolute Gasteiger partial charge is 0.340 e. The van der Waals surface area contributed by atoms with E-state index < -0.39 is 0 Å². The number of carbonyl (C=O) groups excluding carboxylic acids is 1. The zero-order valence-electron chi connectivity index (χ0n) is 14.5. The van der Waals surface area contributed by atoms with Crippen LogP contribution in [0.4, 0.5) is 21.6 Å². The van der Waals surface area contributed by atoms with Gasteiger partial charge in [-0.1, -0.05) is 37.3 Å². The molecule has 26 heavy (non-hydrogen) atoms. The predicted molar refractivity (Wildman–Crippen MR) is 102 cm³/mol. The van der Waals surface area contributed by atoms with Gasteiger partial charge in [0.1, 0.15) is 11.6 Å². The van der Waals surface area contributed by atoms with Crippen LogP contribution in [0, 0.1) is 5.82 Å². The molecule has 4 nitrogen and oxygen atoms in total. The van der Waals surface area contributed by atoms with Gasteiger partial charge in [0.15, 0.2) is 0 Å². The van der Waals surface area contributed by atoms with Crippen molar-refractivity contribution in [1.82, 2.24) is 4.98 Å². The summed E-state index contributed by atoms with van der Waals surface area (Å²) in [5.74, 6) is 0.0172. The molecule has 0 saturated carbocycles. The molecule has 132 valence electrons. The number of pyridine rings is 1. The number of nitrogens with zero attached hydrogens (tertiary/aromatic N) is 1. The lowest BCUT2D eigenvalue weighted by molar-refractivity contribution is -0.115. The number of benzene rings is 2. The smallest absolute Gasteiger partial charge is 0.228 e. The molecule has 0 aliphatic rings. The number of aryl methyl sites for hydroxylation is 1. The molecule has 2 aromatic carbocycles. The molecular formula is C21H20FN3O. The van der Waals surface area contributed by atoms with Crippen LogP contribution in [0.25, 0.3) is 0 Å². The molecule has 1 aromatic heterocycles. The second-order valence-electron chi connectivity index (χ2n) is 5.92. The summed E-state index contributed by atoms with van der Waals surface area (Å²) in [7, 11) is 0. The summed E-state index contributed by atoms with van der Waals surface area (Å²) < 4.78 is 13.6. The van der Waals surface area contributed by atoms with Crippen LogP contribution in [-0.4, -0.2) is 10.9 Å². The van der Waals surface area contributed by atoms with E-state index in [4.69, 9.17) is 0 Å². The van der Waals surface area contributed by atoms with Gasteiger partial charge in [0.2, 0.25) is 5.91 Å². The highest BCUT2D eigenvalue weighted by atomic mass is 19.1. The fourth-order valence-electron chi connectivity index (χ4n) is 2.53. The van der Waals surface area contributed by atoms with E-state index in [1.807, 2.05) is 12.1 Å². The quantitative estimate of drug-likeness (QED) is 0.678. The molecule has 0 atom stereocenters. The first-order valence-electron chi connectivity index (χ1n) is 8.49. The zero-order chi connectivity index (χ0) is 18.4. The number of nitrogens with one attached hydrogen (secondary N) is 2. The van der Waals surface area contributed by atoms with Crippen molar-refractivity contribution in [1.29, 1.82) is 0 Å². The van der Waals surface area contributed by atoms with Crippen molar-refractivity contribution >= 4 is 23.1 Å². The van der Waals surface area contributed by atoms with Crippen molar-refractivity contribution in [3.05, 3.63) is 83.8 Å². The maximum atomic E-state index is 13.6. The first-order valence-corrected chi connectivity index (χ1v) is 8.49. The molecule has 0 aliphatic carbocycles. The van der Waals surface area contributed by atoms with Gasteiger partial charge in [0.05, 0.1) is 18.3 Å². The molecule has 0 saturated heterocycles. The van der Waals surface area contributed by atoms with E-state index in [9.17, 15) is 9.18 Å². The first kappa shape index (κ1) is 17.6. The normalized spacial score (nSPS) is 10.4. The Morgan fingerprint density at radius 1 is 1.00 bits per heavy atom. The molecular weight excluding hydrogens is 329 g/mol. The molecule has 2 N–H and O–H groups in total. The average Bonchev–Trinajstić information content (AvgIpc) is 2.66. The second kappa shape index (κ2) is 8.25. The van der Waals surface area contributed by atoms with Crippen molar-refractivity contribution in [2.45, 2.75) is 19.8 Å². The predicted octanol–water partition coefficient (Wildman–Crippen LogP) is 4.71. The van der Waals surface area contributed by atoms with E-state index in [-0.39, 0.29) is 18.1 Å². The molecule has 5 heteroatoms. The third kappa shape index (κ3) is 4.66. The maximum Gasteiger partial charge on any atom is 0.228 e. The molecule has 0 aliphatic heterocycles. The highest BCUT2D eigenvalue weighted by Crippen LogP contribution is 2.17. The van der Waals surface area contributed by atoms with Gasteiger partial charge in [-0.3, -0.25) is 4.79 Å². The van der Waals surface area contributed by atoms with E-state index in [0.717, 1.165) is 12.1 Å². The summed E-state index contributed by atoms with van der Waals surface area (Å²) in [6.07, 6.45) is 2.55. The third-order valence-electron chi connectivity index (χ3n) is 3.99. The summed E-state index contributed by atoms with van der Waals surface area (Å²) in [6, 6.07) is 17.9. The number of hydrogen-bond donors (Lipinski definition) is 2. The number of anilines is 3. The average molecular weight is 349 g/mol. The summed E-state index contributed by atoms with van der Waals surface area (Å²) in [5.41, 5.74) is 3.16.